The molecule has 0 heterocycles. The molecular formula is C14H29N3O2. The molecule has 2 amide bonds. The largest absolute Gasteiger partial charge is 0.354 e. The fourth-order valence-electron chi connectivity index (χ4n) is 1.22. The maximum absolute atomic E-state index is 11.6. The number of nitrogens with one attached hydrogen (secondary N) is 2. The molecule has 4 N–H and O–H groups in total. The Morgan fingerprint density at radius 3 is 2.05 bits per heavy atom. The minimum Gasteiger partial charge on any atom is -0.354 e. The zero-order valence-corrected chi connectivity index (χ0v) is 13.0. The monoisotopic (exact) mass is 271 g/mol. The molecule has 0 spiro atoms. The van der Waals surface area contributed by atoms with Crippen molar-refractivity contribution in [1.29, 1.82) is 0 Å². The lowest BCUT2D eigenvalue weighted by molar-refractivity contribution is -0.127. The van der Waals surface area contributed by atoms with Gasteiger partial charge in [-0.25, -0.2) is 0 Å². The molecule has 0 aliphatic heterocycles. The Balaban J connectivity index is 3.98. The van der Waals surface area contributed by atoms with Crippen LogP contribution in [-0.4, -0.2) is 30.9 Å². The molecule has 0 saturated carbocycles. The van der Waals surface area contributed by atoms with Gasteiger partial charge in [-0.05, 0) is 17.3 Å². The van der Waals surface area contributed by atoms with E-state index in [4.69, 9.17) is 5.73 Å². The quantitative estimate of drug-likeness (QED) is 0.670. The third kappa shape index (κ3) is 7.15. The van der Waals surface area contributed by atoms with E-state index in [1.54, 1.807) is 0 Å². The van der Waals surface area contributed by atoms with Crippen LogP contribution >= 0.6 is 0 Å². The fourth-order valence-corrected chi connectivity index (χ4v) is 1.22. The topological polar surface area (TPSA) is 84.2 Å². The lowest BCUT2D eigenvalue weighted by atomic mass is 9.82. The van der Waals surface area contributed by atoms with E-state index in [0.717, 1.165) is 0 Å². The van der Waals surface area contributed by atoms with Crippen molar-refractivity contribution >= 4 is 11.8 Å². The minimum atomic E-state index is -0.568. The van der Waals surface area contributed by atoms with Crippen LogP contribution in [0.4, 0.5) is 0 Å². The van der Waals surface area contributed by atoms with E-state index >= 15 is 0 Å². The summed E-state index contributed by atoms with van der Waals surface area (Å²) in [4.78, 5) is 23.2. The normalized spacial score (nSPS) is 14.9. The number of hydrogen-bond acceptors (Lipinski definition) is 3. The average molecular weight is 271 g/mol. The summed E-state index contributed by atoms with van der Waals surface area (Å²) in [6, 6.07) is -0.568. The molecule has 0 radical (unpaired) electrons. The van der Waals surface area contributed by atoms with Gasteiger partial charge >= 0.3 is 0 Å². The summed E-state index contributed by atoms with van der Waals surface area (Å²) in [7, 11) is 0. The van der Waals surface area contributed by atoms with E-state index < -0.39 is 6.04 Å². The van der Waals surface area contributed by atoms with Crippen molar-refractivity contribution in [3.05, 3.63) is 0 Å². The Morgan fingerprint density at radius 1 is 1.11 bits per heavy atom. The van der Waals surface area contributed by atoms with Gasteiger partial charge in [-0.1, -0.05) is 41.5 Å². The fraction of sp³-hybridized carbons (Fsp3) is 0.857. The summed E-state index contributed by atoms with van der Waals surface area (Å²) >= 11 is 0. The third-order valence-electron chi connectivity index (χ3n) is 3.53. The van der Waals surface area contributed by atoms with Crippen LogP contribution in [0.2, 0.25) is 0 Å². The van der Waals surface area contributed by atoms with E-state index in [0.29, 0.717) is 12.5 Å². The predicted octanol–water partition coefficient (Wildman–Crippen LogP) is 0.884. The maximum Gasteiger partial charge on any atom is 0.239 e. The second kappa shape index (κ2) is 7.48. The Labute approximate surface area is 116 Å². The Kier molecular flexibility index (Phi) is 7.05. The third-order valence-corrected chi connectivity index (χ3v) is 3.53. The first-order valence-corrected chi connectivity index (χ1v) is 6.85. The maximum atomic E-state index is 11.6. The van der Waals surface area contributed by atoms with Crippen LogP contribution in [0.25, 0.3) is 0 Å². The van der Waals surface area contributed by atoms with Gasteiger partial charge in [-0.2, -0.15) is 0 Å². The summed E-state index contributed by atoms with van der Waals surface area (Å²) in [5.74, 6) is -0.0385. The van der Waals surface area contributed by atoms with Crippen molar-refractivity contribution in [3.63, 3.8) is 0 Å². The molecule has 19 heavy (non-hydrogen) atoms. The number of amides is 2. The highest BCUT2D eigenvalue weighted by atomic mass is 16.2. The molecule has 0 aromatic carbocycles. The van der Waals surface area contributed by atoms with Crippen LogP contribution in [0.1, 0.15) is 41.5 Å². The molecule has 5 heteroatoms. The summed E-state index contributed by atoms with van der Waals surface area (Å²) < 4.78 is 0. The summed E-state index contributed by atoms with van der Waals surface area (Å²) in [6.07, 6.45) is 0. The molecule has 0 bridgehead atoms. The van der Waals surface area contributed by atoms with Crippen LogP contribution in [0.5, 0.6) is 0 Å². The van der Waals surface area contributed by atoms with Gasteiger partial charge in [-0.3, -0.25) is 9.59 Å². The molecule has 0 fully saturated rings. The van der Waals surface area contributed by atoms with Crippen LogP contribution in [0.3, 0.4) is 0 Å². The van der Waals surface area contributed by atoms with Crippen molar-refractivity contribution in [2.45, 2.75) is 47.6 Å². The highest BCUT2D eigenvalue weighted by molar-refractivity contribution is 5.87. The van der Waals surface area contributed by atoms with Gasteiger partial charge in [0.15, 0.2) is 0 Å². The predicted molar refractivity (Wildman–Crippen MR) is 77.5 cm³/mol. The van der Waals surface area contributed by atoms with Gasteiger partial charge < -0.3 is 16.4 Å². The number of rotatable bonds is 6. The van der Waals surface area contributed by atoms with Crippen molar-refractivity contribution in [2.75, 3.05) is 13.1 Å². The molecule has 0 aliphatic rings. The Bertz CT molecular complexity index is 308. The van der Waals surface area contributed by atoms with E-state index in [9.17, 15) is 9.59 Å². The number of hydrogen-bond donors (Lipinski definition) is 3. The first-order chi connectivity index (χ1) is 8.55. The van der Waals surface area contributed by atoms with Gasteiger partial charge in [-0.15, -0.1) is 0 Å². The highest BCUT2D eigenvalue weighted by Gasteiger charge is 2.21. The molecule has 0 saturated heterocycles. The molecular weight excluding hydrogens is 242 g/mol. The van der Waals surface area contributed by atoms with E-state index in [2.05, 4.69) is 38.3 Å². The molecule has 1 unspecified atom stereocenters. The smallest absolute Gasteiger partial charge is 0.239 e. The SMILES string of the molecule is CC(C)[C@H](N)C(=O)NCC(=O)NCC(C)C(C)(C)C. The number of carbonyl (C=O) groups excluding carboxylic acids is 2. The highest BCUT2D eigenvalue weighted by Crippen LogP contribution is 2.24. The molecule has 5 nitrogen and oxygen atoms in total. The van der Waals surface area contributed by atoms with E-state index in [1.807, 2.05) is 13.8 Å². The molecule has 0 rings (SSSR count). The van der Waals surface area contributed by atoms with Crippen LogP contribution in [-0.2, 0) is 9.59 Å². The minimum absolute atomic E-state index is 0.0177. The lowest BCUT2D eigenvalue weighted by Gasteiger charge is -2.27. The van der Waals surface area contributed by atoms with Crippen molar-refractivity contribution in [2.24, 2.45) is 23.0 Å². The number of nitrogens with two attached hydrogens (primary N) is 1. The van der Waals surface area contributed by atoms with E-state index in [1.165, 1.54) is 0 Å². The average Bonchev–Trinajstić information content (AvgIpc) is 2.30. The molecule has 0 aromatic rings. The lowest BCUT2D eigenvalue weighted by Crippen LogP contribution is -2.47. The molecule has 2 atom stereocenters. The van der Waals surface area contributed by atoms with Crippen LogP contribution < -0.4 is 16.4 Å². The Hall–Kier alpha value is -1.10. The first-order valence-electron chi connectivity index (χ1n) is 6.85. The van der Waals surface area contributed by atoms with Crippen molar-refractivity contribution in [3.8, 4) is 0 Å². The Morgan fingerprint density at radius 2 is 1.63 bits per heavy atom. The summed E-state index contributed by atoms with van der Waals surface area (Å²) in [5.41, 5.74) is 5.83. The molecule has 0 aromatic heterocycles. The van der Waals surface area contributed by atoms with Crippen LogP contribution in [0, 0.1) is 17.3 Å². The van der Waals surface area contributed by atoms with Crippen molar-refractivity contribution in [1.82, 2.24) is 10.6 Å². The van der Waals surface area contributed by atoms with Gasteiger partial charge in [0.2, 0.25) is 11.8 Å². The summed E-state index contributed by atoms with van der Waals surface area (Å²) in [5, 5.41) is 5.37. The van der Waals surface area contributed by atoms with Crippen molar-refractivity contribution < 1.29 is 9.59 Å². The molecule has 0 aliphatic carbocycles. The van der Waals surface area contributed by atoms with Gasteiger partial charge in [0, 0.05) is 6.54 Å². The zero-order valence-electron chi connectivity index (χ0n) is 13.0. The van der Waals surface area contributed by atoms with Gasteiger partial charge in [0.1, 0.15) is 0 Å². The standard InChI is InChI=1S/C14H29N3O2/c1-9(2)12(15)13(19)17-8-11(18)16-7-10(3)14(4,5)6/h9-10,12H,7-8,15H2,1-6H3,(H,16,18)(H,17,19)/t10?,12-/m0/s1. The summed E-state index contributed by atoms with van der Waals surface area (Å²) in [6.45, 7) is 12.8. The first kappa shape index (κ1) is 17.9. The molecule has 112 valence electrons. The number of carbonyl (C=O) groups is 2. The van der Waals surface area contributed by atoms with Crippen LogP contribution in [0.15, 0.2) is 0 Å². The van der Waals surface area contributed by atoms with Gasteiger partial charge in [0.05, 0.1) is 12.6 Å². The second-order valence-electron chi connectivity index (χ2n) is 6.56. The van der Waals surface area contributed by atoms with E-state index in [-0.39, 0.29) is 29.7 Å². The zero-order chi connectivity index (χ0) is 15.2. The second-order valence-corrected chi connectivity index (χ2v) is 6.56. The van der Waals surface area contributed by atoms with Gasteiger partial charge in [0.25, 0.3) is 0 Å².